The minimum Gasteiger partial charge on any atom is -0.309 e. The molecule has 0 aliphatic heterocycles. The van der Waals surface area contributed by atoms with E-state index in [0.717, 1.165) is 0 Å². The first kappa shape index (κ1) is 24.0. The van der Waals surface area contributed by atoms with Crippen molar-refractivity contribution in [2.45, 2.75) is 0 Å². The van der Waals surface area contributed by atoms with Gasteiger partial charge >= 0.3 is 0 Å². The van der Waals surface area contributed by atoms with Gasteiger partial charge in [-0.25, -0.2) is 0 Å². The van der Waals surface area contributed by atoms with Gasteiger partial charge in [-0.3, -0.25) is 0 Å². The maximum atomic E-state index is 2.42. The van der Waals surface area contributed by atoms with E-state index in [1.54, 1.807) is 0 Å². The fourth-order valence-corrected chi connectivity index (χ4v) is 6.97. The van der Waals surface area contributed by atoms with Crippen LogP contribution in [-0.2, 0) is 0 Å². The first-order valence-corrected chi connectivity index (χ1v) is 14.9. The highest BCUT2D eigenvalue weighted by Crippen LogP contribution is 2.41. The van der Waals surface area contributed by atoms with Crippen molar-refractivity contribution in [1.29, 1.82) is 0 Å². The second-order valence-corrected chi connectivity index (χ2v) is 11.4. The molecule has 0 saturated heterocycles. The van der Waals surface area contributed by atoms with E-state index < -0.39 is 0 Å². The third kappa shape index (κ3) is 3.72. The summed E-state index contributed by atoms with van der Waals surface area (Å²) in [6.07, 6.45) is 0. The Kier molecular flexibility index (Phi) is 5.27. The van der Waals surface area contributed by atoms with Gasteiger partial charge in [0.1, 0.15) is 0 Å². The Bertz CT molecular complexity index is 2500. The van der Waals surface area contributed by atoms with Crippen LogP contribution in [0.3, 0.4) is 0 Å². The molecule has 0 fully saturated rings. The summed E-state index contributed by atoms with van der Waals surface area (Å²) >= 11 is 0. The number of fused-ring (bicyclic) bond motifs is 7. The van der Waals surface area contributed by atoms with E-state index in [0.29, 0.717) is 0 Å². The number of aromatic nitrogens is 1. The highest BCUT2D eigenvalue weighted by atomic mass is 15.0. The zero-order valence-electron chi connectivity index (χ0n) is 23.5. The highest BCUT2D eigenvalue weighted by Gasteiger charge is 2.16. The summed E-state index contributed by atoms with van der Waals surface area (Å²) in [5.41, 5.74) is 8.64. The van der Waals surface area contributed by atoms with Gasteiger partial charge in [-0.2, -0.15) is 0 Å². The Balaban J connectivity index is 1.31. The Morgan fingerprint density at radius 3 is 1.77 bits per heavy atom. The standard InChI is InChI=1S/C42H27N/c1-2-11-29(12-3-1)34-23-24-35(37-15-7-6-14-36(34)37)32-19-18-30-21-25-41-42(39(30)27-32)38-16-8-9-17-40(38)43(41)33-22-20-28-10-4-5-13-31(28)26-33/h1-27H. The van der Waals surface area contributed by atoms with Crippen LogP contribution in [0.25, 0.3) is 82.1 Å². The molecule has 8 aromatic carbocycles. The lowest BCUT2D eigenvalue weighted by Gasteiger charge is -2.13. The van der Waals surface area contributed by atoms with Gasteiger partial charge in [-0.15, -0.1) is 0 Å². The highest BCUT2D eigenvalue weighted by molar-refractivity contribution is 6.22. The predicted octanol–water partition coefficient (Wildman–Crippen LogP) is 11.6. The maximum absolute atomic E-state index is 2.42. The third-order valence-corrected chi connectivity index (χ3v) is 8.97. The number of rotatable bonds is 3. The van der Waals surface area contributed by atoms with Gasteiger partial charge in [0.15, 0.2) is 0 Å². The number of hydrogen-bond donors (Lipinski definition) is 0. The fraction of sp³-hybridized carbons (Fsp3) is 0. The summed E-state index contributed by atoms with van der Waals surface area (Å²) in [5.74, 6) is 0. The van der Waals surface area contributed by atoms with Crippen molar-refractivity contribution in [1.82, 2.24) is 4.57 Å². The average molecular weight is 546 g/mol. The van der Waals surface area contributed by atoms with Crippen molar-refractivity contribution < 1.29 is 0 Å². The number of nitrogens with zero attached hydrogens (tertiary/aromatic N) is 1. The van der Waals surface area contributed by atoms with Gasteiger partial charge in [0.25, 0.3) is 0 Å². The molecule has 0 amide bonds. The minimum atomic E-state index is 1.18. The smallest absolute Gasteiger partial charge is 0.0547 e. The summed E-state index contributed by atoms with van der Waals surface area (Å²) in [7, 11) is 0. The quantitative estimate of drug-likeness (QED) is 0.208. The van der Waals surface area contributed by atoms with Crippen LogP contribution in [0.1, 0.15) is 0 Å². The molecule has 200 valence electrons. The molecule has 0 N–H and O–H groups in total. The summed E-state index contributed by atoms with van der Waals surface area (Å²) in [6.45, 7) is 0. The van der Waals surface area contributed by atoms with Crippen molar-refractivity contribution in [2.24, 2.45) is 0 Å². The molecule has 0 bridgehead atoms. The number of para-hydroxylation sites is 1. The van der Waals surface area contributed by atoms with Crippen molar-refractivity contribution in [3.8, 4) is 27.9 Å². The van der Waals surface area contributed by atoms with E-state index in [-0.39, 0.29) is 0 Å². The molecule has 9 rings (SSSR count). The molecule has 0 aliphatic rings. The summed E-state index contributed by atoms with van der Waals surface area (Å²) in [4.78, 5) is 0. The summed E-state index contributed by atoms with van der Waals surface area (Å²) < 4.78 is 2.42. The van der Waals surface area contributed by atoms with Crippen LogP contribution >= 0.6 is 0 Å². The maximum Gasteiger partial charge on any atom is 0.0547 e. The van der Waals surface area contributed by atoms with Gasteiger partial charge in [0, 0.05) is 16.5 Å². The number of benzene rings is 8. The molecule has 1 heteroatoms. The fourth-order valence-electron chi connectivity index (χ4n) is 6.97. The first-order valence-electron chi connectivity index (χ1n) is 14.9. The lowest BCUT2D eigenvalue weighted by atomic mass is 9.91. The van der Waals surface area contributed by atoms with Gasteiger partial charge in [-0.1, -0.05) is 133 Å². The lowest BCUT2D eigenvalue weighted by molar-refractivity contribution is 1.19. The average Bonchev–Trinajstić information content (AvgIpc) is 3.42. The minimum absolute atomic E-state index is 1.18. The Hall–Kier alpha value is -5.66. The zero-order chi connectivity index (χ0) is 28.3. The van der Waals surface area contributed by atoms with Gasteiger partial charge in [0.2, 0.25) is 0 Å². The second-order valence-electron chi connectivity index (χ2n) is 11.4. The molecule has 0 atom stereocenters. The normalized spacial score (nSPS) is 11.7. The SMILES string of the molecule is c1ccc(-c2ccc(-c3ccc4ccc5c(c4c3)c3ccccc3n5-c3ccc4ccccc4c3)c3ccccc23)cc1. The number of hydrogen-bond acceptors (Lipinski definition) is 0. The van der Waals surface area contributed by atoms with Crippen LogP contribution in [0.2, 0.25) is 0 Å². The molecule has 1 aromatic heterocycles. The van der Waals surface area contributed by atoms with Crippen molar-refractivity contribution in [2.75, 3.05) is 0 Å². The van der Waals surface area contributed by atoms with Crippen LogP contribution in [0.5, 0.6) is 0 Å². The van der Waals surface area contributed by atoms with Crippen LogP contribution < -0.4 is 0 Å². The molecule has 9 aromatic rings. The molecular formula is C42H27N. The lowest BCUT2D eigenvalue weighted by Crippen LogP contribution is -1.93. The molecule has 0 unspecified atom stereocenters. The van der Waals surface area contributed by atoms with Crippen LogP contribution in [0, 0.1) is 0 Å². The Labute approximate surface area is 249 Å². The van der Waals surface area contributed by atoms with Crippen molar-refractivity contribution in [3.63, 3.8) is 0 Å². The molecule has 1 heterocycles. The largest absolute Gasteiger partial charge is 0.309 e. The van der Waals surface area contributed by atoms with E-state index in [1.807, 2.05) is 0 Å². The first-order chi connectivity index (χ1) is 21.3. The Morgan fingerprint density at radius 1 is 0.326 bits per heavy atom. The monoisotopic (exact) mass is 545 g/mol. The topological polar surface area (TPSA) is 4.93 Å². The third-order valence-electron chi connectivity index (χ3n) is 8.97. The van der Waals surface area contributed by atoms with E-state index in [4.69, 9.17) is 0 Å². The van der Waals surface area contributed by atoms with E-state index in [9.17, 15) is 0 Å². The summed E-state index contributed by atoms with van der Waals surface area (Å²) in [5, 5.41) is 10.2. The molecule has 0 saturated carbocycles. The summed E-state index contributed by atoms with van der Waals surface area (Å²) in [6, 6.07) is 59.8. The molecule has 43 heavy (non-hydrogen) atoms. The van der Waals surface area contributed by atoms with Crippen LogP contribution in [0.4, 0.5) is 0 Å². The van der Waals surface area contributed by atoms with E-state index in [2.05, 4.69) is 168 Å². The van der Waals surface area contributed by atoms with E-state index >= 15 is 0 Å². The van der Waals surface area contributed by atoms with Crippen LogP contribution in [0.15, 0.2) is 164 Å². The van der Waals surface area contributed by atoms with E-state index in [1.165, 1.54) is 82.1 Å². The molecular weight excluding hydrogens is 518 g/mol. The Morgan fingerprint density at radius 2 is 0.953 bits per heavy atom. The second kappa shape index (κ2) is 9.44. The van der Waals surface area contributed by atoms with Gasteiger partial charge < -0.3 is 4.57 Å². The molecule has 0 spiro atoms. The molecule has 0 aliphatic carbocycles. The predicted molar refractivity (Wildman–Crippen MR) is 184 cm³/mol. The van der Waals surface area contributed by atoms with Gasteiger partial charge in [0.05, 0.1) is 11.0 Å². The molecule has 1 nitrogen and oxygen atoms in total. The van der Waals surface area contributed by atoms with Gasteiger partial charge in [-0.05, 0) is 84.9 Å². The van der Waals surface area contributed by atoms with Crippen molar-refractivity contribution >= 4 is 54.1 Å². The zero-order valence-corrected chi connectivity index (χ0v) is 23.5. The van der Waals surface area contributed by atoms with Crippen molar-refractivity contribution in [3.05, 3.63) is 164 Å². The van der Waals surface area contributed by atoms with Crippen LogP contribution in [-0.4, -0.2) is 4.57 Å². The molecule has 0 radical (unpaired) electrons.